The summed E-state index contributed by atoms with van der Waals surface area (Å²) in [5, 5.41) is 9.33. The topological polar surface area (TPSA) is 98.9 Å². The van der Waals surface area contributed by atoms with Gasteiger partial charge in [0.05, 0.1) is 35.9 Å². The van der Waals surface area contributed by atoms with Crippen molar-refractivity contribution in [3.05, 3.63) is 88.6 Å². The second kappa shape index (κ2) is 13.1. The number of rotatable bonds is 11. The van der Waals surface area contributed by atoms with Crippen LogP contribution in [-0.4, -0.2) is 62.4 Å². The smallest absolute Gasteiger partial charge is 0.328 e. The number of imidazole rings is 1. The average molecular weight is 607 g/mol. The molecule has 2 aromatic heterocycles. The third-order valence-electron chi connectivity index (χ3n) is 7.69. The molecule has 2 aliphatic heterocycles. The number of benzene rings is 2. The van der Waals surface area contributed by atoms with Crippen LogP contribution in [0.15, 0.2) is 60.7 Å². The van der Waals surface area contributed by atoms with E-state index in [-0.39, 0.29) is 24.6 Å². The van der Waals surface area contributed by atoms with Gasteiger partial charge >= 0.3 is 5.97 Å². The summed E-state index contributed by atoms with van der Waals surface area (Å²) in [5.74, 6) is 0.111. The van der Waals surface area contributed by atoms with E-state index in [1.54, 1.807) is 12.1 Å². The predicted molar refractivity (Wildman–Crippen MR) is 160 cm³/mol. The minimum atomic E-state index is -0.979. The van der Waals surface area contributed by atoms with Gasteiger partial charge in [-0.1, -0.05) is 23.7 Å². The average Bonchev–Trinajstić information content (AvgIpc) is 3.30. The highest BCUT2D eigenvalue weighted by Gasteiger charge is 2.25. The van der Waals surface area contributed by atoms with Crippen molar-refractivity contribution in [2.75, 3.05) is 19.7 Å². The van der Waals surface area contributed by atoms with Gasteiger partial charge in [0.25, 0.3) is 0 Å². The molecule has 0 aliphatic carbocycles. The second-order valence-corrected chi connectivity index (χ2v) is 11.2. The number of ether oxygens (including phenoxy) is 3. The molecule has 1 N–H and O–H groups in total. The molecule has 11 heteroatoms. The van der Waals surface area contributed by atoms with Gasteiger partial charge < -0.3 is 23.9 Å². The molecule has 0 saturated carbocycles. The standard InChI is InChI=1S/C32H32ClFN4O5/c33-22-6-8-29(26(34)17-22)42-20-23-2-1-3-31(35-23)43-24-10-13-37(14-11-24)19-30-36-27-7-4-21(5-9-32(39)40)16-28(27)38(30)18-25-12-15-41-25/h1-9,16-17,24-25H,10-15,18-20H2,(H,39,40)/b9-5+/t25-/m0/s1. The first kappa shape index (κ1) is 29.1. The molecule has 0 spiro atoms. The van der Waals surface area contributed by atoms with Crippen molar-refractivity contribution in [1.82, 2.24) is 19.4 Å². The van der Waals surface area contributed by atoms with Gasteiger partial charge in [-0.3, -0.25) is 4.90 Å². The molecule has 2 aliphatic rings. The van der Waals surface area contributed by atoms with Crippen molar-refractivity contribution in [2.24, 2.45) is 0 Å². The molecular formula is C32H32ClFN4O5. The Morgan fingerprint density at radius 2 is 1.95 bits per heavy atom. The maximum absolute atomic E-state index is 14.0. The van der Waals surface area contributed by atoms with Gasteiger partial charge in [0.15, 0.2) is 11.6 Å². The Kier molecular flexibility index (Phi) is 8.87. The van der Waals surface area contributed by atoms with Crippen molar-refractivity contribution < 1.29 is 28.5 Å². The minimum absolute atomic E-state index is 0.0272. The summed E-state index contributed by atoms with van der Waals surface area (Å²) in [7, 11) is 0. The summed E-state index contributed by atoms with van der Waals surface area (Å²) in [4.78, 5) is 22.9. The third kappa shape index (κ3) is 7.33. The van der Waals surface area contributed by atoms with E-state index in [0.717, 1.165) is 67.5 Å². The fourth-order valence-electron chi connectivity index (χ4n) is 5.32. The lowest BCUT2D eigenvalue weighted by Gasteiger charge is -2.32. The largest absolute Gasteiger partial charge is 0.484 e. The minimum Gasteiger partial charge on any atom is -0.484 e. The Morgan fingerprint density at radius 3 is 2.70 bits per heavy atom. The number of carboxylic acid groups (broad SMARTS) is 1. The molecule has 0 amide bonds. The zero-order valence-electron chi connectivity index (χ0n) is 23.5. The van der Waals surface area contributed by atoms with E-state index in [1.165, 1.54) is 12.1 Å². The van der Waals surface area contributed by atoms with E-state index in [2.05, 4.69) is 14.5 Å². The summed E-state index contributed by atoms with van der Waals surface area (Å²) in [6, 6.07) is 15.6. The van der Waals surface area contributed by atoms with E-state index in [1.807, 2.05) is 36.4 Å². The molecule has 0 unspecified atom stereocenters. The Bertz CT molecular complexity index is 1630. The van der Waals surface area contributed by atoms with E-state index >= 15 is 0 Å². The number of piperidine rings is 1. The highest BCUT2D eigenvalue weighted by Crippen LogP contribution is 2.26. The number of aromatic nitrogens is 3. The van der Waals surface area contributed by atoms with Crippen molar-refractivity contribution in [1.29, 1.82) is 0 Å². The fourth-order valence-corrected chi connectivity index (χ4v) is 5.48. The molecule has 0 bridgehead atoms. The van der Waals surface area contributed by atoms with Crippen LogP contribution in [-0.2, 0) is 29.2 Å². The lowest BCUT2D eigenvalue weighted by molar-refractivity contribution is -0.131. The lowest BCUT2D eigenvalue weighted by atomic mass is 10.1. The van der Waals surface area contributed by atoms with Crippen molar-refractivity contribution in [3.8, 4) is 11.6 Å². The molecule has 43 heavy (non-hydrogen) atoms. The molecule has 9 nitrogen and oxygen atoms in total. The number of nitrogens with zero attached hydrogens (tertiary/aromatic N) is 4. The van der Waals surface area contributed by atoms with E-state index in [4.69, 9.17) is 35.9 Å². The quantitative estimate of drug-likeness (QED) is 0.216. The van der Waals surface area contributed by atoms with Crippen LogP contribution in [0, 0.1) is 5.82 Å². The maximum Gasteiger partial charge on any atom is 0.328 e. The molecule has 6 rings (SSSR count). The molecule has 224 valence electrons. The van der Waals surface area contributed by atoms with Crippen LogP contribution in [0.25, 0.3) is 17.1 Å². The summed E-state index contributed by atoms with van der Waals surface area (Å²) < 4.78 is 33.8. The first-order valence-corrected chi connectivity index (χ1v) is 14.7. The number of hydrogen-bond acceptors (Lipinski definition) is 7. The SMILES string of the molecule is O=C(O)/C=C/c1ccc2nc(CN3CCC(Oc4cccc(COc5ccc(Cl)cc5F)n4)CC3)n(C[C@@H]3CCO3)c2c1. The number of carboxylic acids is 1. The van der Waals surface area contributed by atoms with Gasteiger partial charge in [-0.05, 0) is 67.3 Å². The third-order valence-corrected chi connectivity index (χ3v) is 7.92. The zero-order valence-corrected chi connectivity index (χ0v) is 24.3. The fraction of sp³-hybridized carbons (Fsp3) is 0.344. The van der Waals surface area contributed by atoms with Gasteiger partial charge in [-0.25, -0.2) is 19.2 Å². The van der Waals surface area contributed by atoms with Crippen LogP contribution >= 0.6 is 11.6 Å². The Balaban J connectivity index is 1.07. The maximum atomic E-state index is 14.0. The summed E-state index contributed by atoms with van der Waals surface area (Å²) >= 11 is 5.82. The number of pyridine rings is 1. The number of carbonyl (C=O) groups is 1. The lowest BCUT2D eigenvalue weighted by Crippen LogP contribution is -2.39. The van der Waals surface area contributed by atoms with Gasteiger partial charge in [0, 0.05) is 36.9 Å². The summed E-state index contributed by atoms with van der Waals surface area (Å²) in [5.41, 5.74) is 3.32. The van der Waals surface area contributed by atoms with Crippen molar-refractivity contribution in [3.63, 3.8) is 0 Å². The van der Waals surface area contributed by atoms with E-state index in [0.29, 0.717) is 29.7 Å². The Morgan fingerprint density at radius 1 is 1.12 bits per heavy atom. The monoisotopic (exact) mass is 606 g/mol. The van der Waals surface area contributed by atoms with Crippen LogP contribution in [0.2, 0.25) is 5.02 Å². The first-order chi connectivity index (χ1) is 20.9. The highest BCUT2D eigenvalue weighted by atomic mass is 35.5. The molecular weight excluding hydrogens is 575 g/mol. The molecule has 2 saturated heterocycles. The van der Waals surface area contributed by atoms with Gasteiger partial charge in [-0.2, -0.15) is 0 Å². The predicted octanol–water partition coefficient (Wildman–Crippen LogP) is 5.73. The van der Waals surface area contributed by atoms with Crippen molar-refractivity contribution in [2.45, 2.75) is 51.2 Å². The second-order valence-electron chi connectivity index (χ2n) is 10.8. The number of halogens is 2. The number of fused-ring (bicyclic) bond motifs is 1. The Labute approximate surface area is 253 Å². The highest BCUT2D eigenvalue weighted by molar-refractivity contribution is 6.30. The zero-order chi connectivity index (χ0) is 29.8. The molecule has 4 aromatic rings. The van der Waals surface area contributed by atoms with Crippen LogP contribution < -0.4 is 9.47 Å². The van der Waals surface area contributed by atoms with Gasteiger partial charge in [-0.15, -0.1) is 0 Å². The van der Waals surface area contributed by atoms with Crippen LogP contribution in [0.4, 0.5) is 4.39 Å². The normalized spacial score (nSPS) is 17.8. The van der Waals surface area contributed by atoms with E-state index < -0.39 is 11.8 Å². The molecule has 4 heterocycles. The molecule has 2 aromatic carbocycles. The molecule has 0 radical (unpaired) electrons. The van der Waals surface area contributed by atoms with Crippen LogP contribution in [0.5, 0.6) is 11.6 Å². The number of likely N-dealkylation sites (tertiary alicyclic amines) is 1. The van der Waals surface area contributed by atoms with Crippen LogP contribution in [0.3, 0.4) is 0 Å². The molecule has 2 fully saturated rings. The summed E-state index contributed by atoms with van der Waals surface area (Å²) in [6.45, 7) is 3.99. The number of aliphatic carboxylic acids is 1. The van der Waals surface area contributed by atoms with Gasteiger partial charge in [0.1, 0.15) is 18.5 Å². The van der Waals surface area contributed by atoms with Crippen LogP contribution in [0.1, 0.15) is 36.3 Å². The van der Waals surface area contributed by atoms with E-state index in [9.17, 15) is 9.18 Å². The van der Waals surface area contributed by atoms with Crippen molar-refractivity contribution >= 4 is 34.7 Å². The molecule has 1 atom stereocenters. The first-order valence-electron chi connectivity index (χ1n) is 14.3. The van der Waals surface area contributed by atoms with Gasteiger partial charge in [0.2, 0.25) is 5.88 Å². The number of hydrogen-bond donors (Lipinski definition) is 1. The summed E-state index contributed by atoms with van der Waals surface area (Å²) in [6.07, 6.45) is 5.63. The Hall–Kier alpha value is -3.99.